The predicted octanol–water partition coefficient (Wildman–Crippen LogP) is 6.33. The first kappa shape index (κ1) is 28.9. The second-order valence-corrected chi connectivity index (χ2v) is 8.41. The Morgan fingerprint density at radius 3 is 1.73 bits per heavy atom. The molecule has 0 aliphatic heterocycles. The number of hydrogen-bond donors (Lipinski definition) is 1. The molecule has 0 atom stereocenters. The van der Waals surface area contributed by atoms with Crippen molar-refractivity contribution in [2.75, 3.05) is 26.9 Å². The highest BCUT2D eigenvalue weighted by Gasteiger charge is 2.07. The summed E-state index contributed by atoms with van der Waals surface area (Å²) in [5.41, 5.74) is 0. The summed E-state index contributed by atoms with van der Waals surface area (Å²) >= 11 is 0. The Kier molecular flexibility index (Phi) is 23.3. The van der Waals surface area contributed by atoms with E-state index in [9.17, 15) is 9.59 Å². The third-order valence-corrected chi connectivity index (χ3v) is 5.45. The SMILES string of the molecule is CCCCCCCCCCCCCCCC(=O)OCC(=O)NCCCCCCOC. The zero-order chi connectivity index (χ0) is 22.1. The predicted molar refractivity (Wildman–Crippen MR) is 125 cm³/mol. The molecule has 0 rings (SSSR count). The van der Waals surface area contributed by atoms with Gasteiger partial charge in [-0.3, -0.25) is 9.59 Å². The zero-order valence-corrected chi connectivity index (χ0v) is 20.0. The maximum Gasteiger partial charge on any atom is 0.306 e. The molecule has 5 heteroatoms. The van der Waals surface area contributed by atoms with E-state index < -0.39 is 0 Å². The van der Waals surface area contributed by atoms with Gasteiger partial charge in [0.1, 0.15) is 0 Å². The van der Waals surface area contributed by atoms with Crippen molar-refractivity contribution in [3.8, 4) is 0 Å². The quantitative estimate of drug-likeness (QED) is 0.153. The van der Waals surface area contributed by atoms with Crippen molar-refractivity contribution in [1.82, 2.24) is 5.32 Å². The highest BCUT2D eigenvalue weighted by molar-refractivity contribution is 5.80. The normalized spacial score (nSPS) is 10.9. The molecule has 0 aliphatic carbocycles. The van der Waals surface area contributed by atoms with E-state index in [1.54, 1.807) is 7.11 Å². The van der Waals surface area contributed by atoms with Gasteiger partial charge in [-0.25, -0.2) is 0 Å². The molecule has 178 valence electrons. The van der Waals surface area contributed by atoms with Gasteiger partial charge in [0, 0.05) is 26.7 Å². The van der Waals surface area contributed by atoms with Crippen LogP contribution < -0.4 is 5.32 Å². The van der Waals surface area contributed by atoms with E-state index in [1.807, 2.05) is 0 Å². The van der Waals surface area contributed by atoms with E-state index in [0.717, 1.165) is 45.1 Å². The smallest absolute Gasteiger partial charge is 0.306 e. The Hall–Kier alpha value is -1.10. The molecular formula is C25H49NO4. The van der Waals surface area contributed by atoms with Gasteiger partial charge < -0.3 is 14.8 Å². The van der Waals surface area contributed by atoms with E-state index in [4.69, 9.17) is 9.47 Å². The lowest BCUT2D eigenvalue weighted by atomic mass is 10.0. The summed E-state index contributed by atoms with van der Waals surface area (Å²) in [4.78, 5) is 23.4. The van der Waals surface area contributed by atoms with Crippen molar-refractivity contribution in [2.24, 2.45) is 0 Å². The first-order chi connectivity index (χ1) is 14.7. The maximum atomic E-state index is 11.7. The Morgan fingerprint density at radius 1 is 0.667 bits per heavy atom. The van der Waals surface area contributed by atoms with Crippen LogP contribution >= 0.6 is 0 Å². The summed E-state index contributed by atoms with van der Waals surface area (Å²) in [6.45, 7) is 3.54. The molecule has 0 saturated carbocycles. The summed E-state index contributed by atoms with van der Waals surface area (Å²) < 4.78 is 10.1. The second-order valence-electron chi connectivity index (χ2n) is 8.41. The van der Waals surface area contributed by atoms with Crippen molar-refractivity contribution < 1.29 is 19.1 Å². The number of unbranched alkanes of at least 4 members (excludes halogenated alkanes) is 15. The van der Waals surface area contributed by atoms with Crippen LogP contribution in [0.25, 0.3) is 0 Å². The van der Waals surface area contributed by atoms with Crippen LogP contribution in [-0.2, 0) is 19.1 Å². The molecule has 0 unspecified atom stereocenters. The molecule has 0 aromatic carbocycles. The van der Waals surface area contributed by atoms with E-state index in [0.29, 0.717) is 13.0 Å². The number of ether oxygens (including phenoxy) is 2. The van der Waals surface area contributed by atoms with E-state index in [-0.39, 0.29) is 18.5 Å². The number of esters is 1. The van der Waals surface area contributed by atoms with Crippen molar-refractivity contribution >= 4 is 11.9 Å². The van der Waals surface area contributed by atoms with Gasteiger partial charge in [0.15, 0.2) is 6.61 Å². The molecule has 1 N–H and O–H groups in total. The average Bonchev–Trinajstić information content (AvgIpc) is 2.75. The van der Waals surface area contributed by atoms with Gasteiger partial charge in [-0.05, 0) is 19.3 Å². The fourth-order valence-corrected chi connectivity index (χ4v) is 3.51. The van der Waals surface area contributed by atoms with Crippen LogP contribution in [0.4, 0.5) is 0 Å². The number of methoxy groups -OCH3 is 1. The van der Waals surface area contributed by atoms with Crippen molar-refractivity contribution in [3.63, 3.8) is 0 Å². The summed E-state index contributed by atoms with van der Waals surface area (Å²) in [6.07, 6.45) is 21.3. The van der Waals surface area contributed by atoms with Crippen LogP contribution in [0.3, 0.4) is 0 Å². The lowest BCUT2D eigenvalue weighted by Crippen LogP contribution is -2.29. The molecule has 0 fully saturated rings. The van der Waals surface area contributed by atoms with Crippen LogP contribution in [0, 0.1) is 0 Å². The lowest BCUT2D eigenvalue weighted by Gasteiger charge is -2.07. The molecule has 0 saturated heterocycles. The fourth-order valence-electron chi connectivity index (χ4n) is 3.51. The zero-order valence-electron chi connectivity index (χ0n) is 20.0. The van der Waals surface area contributed by atoms with E-state index in [2.05, 4.69) is 12.2 Å². The van der Waals surface area contributed by atoms with Gasteiger partial charge in [0.2, 0.25) is 0 Å². The lowest BCUT2D eigenvalue weighted by molar-refractivity contribution is -0.148. The summed E-state index contributed by atoms with van der Waals surface area (Å²) in [7, 11) is 1.71. The Morgan fingerprint density at radius 2 is 1.17 bits per heavy atom. The first-order valence-corrected chi connectivity index (χ1v) is 12.6. The van der Waals surface area contributed by atoms with Gasteiger partial charge in [0.25, 0.3) is 5.91 Å². The summed E-state index contributed by atoms with van der Waals surface area (Å²) in [5, 5.41) is 2.80. The Balaban J connectivity index is 3.28. The van der Waals surface area contributed by atoms with Crippen LogP contribution in [-0.4, -0.2) is 38.7 Å². The molecule has 0 aliphatic rings. The van der Waals surface area contributed by atoms with E-state index in [1.165, 1.54) is 70.6 Å². The van der Waals surface area contributed by atoms with Crippen LogP contribution in [0.1, 0.15) is 122 Å². The van der Waals surface area contributed by atoms with Gasteiger partial charge in [-0.1, -0.05) is 96.8 Å². The van der Waals surface area contributed by atoms with Crippen LogP contribution in [0.2, 0.25) is 0 Å². The van der Waals surface area contributed by atoms with Crippen LogP contribution in [0.5, 0.6) is 0 Å². The molecule has 0 bridgehead atoms. The van der Waals surface area contributed by atoms with Crippen molar-refractivity contribution in [1.29, 1.82) is 0 Å². The second kappa shape index (κ2) is 24.2. The maximum absolute atomic E-state index is 11.7. The van der Waals surface area contributed by atoms with Gasteiger partial charge in [-0.15, -0.1) is 0 Å². The standard InChI is InChI=1S/C25H49NO4/c1-3-4-5-6-7-8-9-10-11-12-13-14-17-20-25(28)30-23-24(27)26-21-18-15-16-19-22-29-2/h3-23H2,1-2H3,(H,26,27). The third-order valence-electron chi connectivity index (χ3n) is 5.45. The number of nitrogens with one attached hydrogen (secondary N) is 1. The molecule has 0 spiro atoms. The highest BCUT2D eigenvalue weighted by Crippen LogP contribution is 2.13. The number of carbonyl (C=O) groups is 2. The van der Waals surface area contributed by atoms with Crippen LogP contribution in [0.15, 0.2) is 0 Å². The van der Waals surface area contributed by atoms with Gasteiger partial charge >= 0.3 is 5.97 Å². The highest BCUT2D eigenvalue weighted by atomic mass is 16.5. The van der Waals surface area contributed by atoms with Crippen molar-refractivity contribution in [3.05, 3.63) is 0 Å². The minimum atomic E-state index is -0.257. The molecule has 30 heavy (non-hydrogen) atoms. The summed E-state index contributed by atoms with van der Waals surface area (Å²) in [5.74, 6) is -0.460. The molecule has 0 aromatic heterocycles. The minimum Gasteiger partial charge on any atom is -0.456 e. The largest absolute Gasteiger partial charge is 0.456 e. The number of amides is 1. The monoisotopic (exact) mass is 427 g/mol. The van der Waals surface area contributed by atoms with Crippen molar-refractivity contribution in [2.45, 2.75) is 122 Å². The average molecular weight is 428 g/mol. The first-order valence-electron chi connectivity index (χ1n) is 12.6. The third kappa shape index (κ3) is 23.2. The molecule has 5 nitrogen and oxygen atoms in total. The van der Waals surface area contributed by atoms with Gasteiger partial charge in [0.05, 0.1) is 0 Å². The number of hydrogen-bond acceptors (Lipinski definition) is 4. The Labute approximate surface area is 186 Å². The fraction of sp³-hybridized carbons (Fsp3) is 0.920. The number of carbonyl (C=O) groups excluding carboxylic acids is 2. The molecule has 0 radical (unpaired) electrons. The van der Waals surface area contributed by atoms with E-state index >= 15 is 0 Å². The Bertz CT molecular complexity index is 387. The molecule has 0 heterocycles. The molecular weight excluding hydrogens is 378 g/mol. The topological polar surface area (TPSA) is 64.6 Å². The molecule has 0 aromatic rings. The number of rotatable bonds is 23. The minimum absolute atomic E-state index is 0.152. The van der Waals surface area contributed by atoms with Gasteiger partial charge in [-0.2, -0.15) is 0 Å². The summed E-state index contributed by atoms with van der Waals surface area (Å²) in [6, 6.07) is 0. The molecule has 1 amide bonds.